The van der Waals surface area contributed by atoms with Crippen LogP contribution in [-0.4, -0.2) is 17.6 Å². The van der Waals surface area contributed by atoms with Crippen molar-refractivity contribution in [3.63, 3.8) is 0 Å². The Labute approximate surface area is 344 Å². The Hall–Kier alpha value is -6.27. The molecule has 0 amide bonds. The van der Waals surface area contributed by atoms with Crippen LogP contribution >= 0.6 is 0 Å². The zero-order valence-electron chi connectivity index (χ0n) is 35.0. The summed E-state index contributed by atoms with van der Waals surface area (Å²) in [5.74, 6) is 1.36. The number of rotatable bonds is 9. The van der Waals surface area contributed by atoms with Crippen molar-refractivity contribution in [2.24, 2.45) is 5.10 Å². The predicted octanol–water partition coefficient (Wildman–Crippen LogP) is 13.3. The van der Waals surface area contributed by atoms with Gasteiger partial charge < -0.3 is 0 Å². The minimum atomic E-state index is -0.648. The molecule has 0 unspecified atom stereocenters. The van der Waals surface area contributed by atoms with Crippen LogP contribution < -0.4 is 14.8 Å². The first-order chi connectivity index (χ1) is 28.0. The zero-order chi connectivity index (χ0) is 40.9. The molecule has 2 aliphatic heterocycles. The molecule has 0 aliphatic carbocycles. The number of hydrogen-bond donors (Lipinski definition) is 2. The molecule has 6 aromatic carbocycles. The summed E-state index contributed by atoms with van der Waals surface area (Å²) in [5, 5.41) is 27.8. The summed E-state index contributed by atoms with van der Waals surface area (Å²) in [6.07, 6.45) is 0. The Morgan fingerprint density at radius 2 is 0.741 bits per heavy atom. The molecule has 292 valence electrons. The van der Waals surface area contributed by atoms with E-state index in [0.29, 0.717) is 5.96 Å². The Morgan fingerprint density at radius 3 is 1.09 bits per heavy atom. The van der Waals surface area contributed by atoms with E-state index >= 15 is 0 Å². The average Bonchev–Trinajstić information content (AvgIpc) is 3.47. The van der Waals surface area contributed by atoms with Gasteiger partial charge in [-0.25, -0.2) is 5.01 Å². The van der Waals surface area contributed by atoms with Gasteiger partial charge in [-0.2, -0.15) is 0 Å². The number of nitrogens with one attached hydrogen (secondary N) is 2. The topological polar surface area (TPSA) is 69.8 Å². The van der Waals surface area contributed by atoms with Gasteiger partial charge in [-0.1, -0.05) is 189 Å². The minimum absolute atomic E-state index is 0.100. The highest BCUT2D eigenvalue weighted by molar-refractivity contribution is 6.63. The summed E-state index contributed by atoms with van der Waals surface area (Å²) in [6, 6.07) is 51.8. The van der Waals surface area contributed by atoms with Crippen molar-refractivity contribution >= 4 is 40.4 Å². The molecule has 2 heterocycles. The third kappa shape index (κ3) is 6.05. The van der Waals surface area contributed by atoms with E-state index in [-0.39, 0.29) is 35.3 Å². The van der Waals surface area contributed by atoms with Crippen molar-refractivity contribution in [3.8, 4) is 0 Å². The maximum Gasteiger partial charge on any atom is 0.240 e. The highest BCUT2D eigenvalue weighted by Crippen LogP contribution is 2.56. The van der Waals surface area contributed by atoms with Gasteiger partial charge in [0.2, 0.25) is 5.96 Å². The Morgan fingerprint density at radius 1 is 0.414 bits per heavy atom. The minimum Gasteiger partial charge on any atom is -0.281 e. The van der Waals surface area contributed by atoms with Crippen LogP contribution in [0.1, 0.15) is 124 Å². The molecule has 0 atom stereocenters. The molecule has 6 heteroatoms. The maximum absolute atomic E-state index is 9.95. The van der Waals surface area contributed by atoms with Gasteiger partial charge in [-0.3, -0.25) is 20.6 Å². The molecule has 0 bridgehead atoms. The number of para-hydroxylation sites is 4. The summed E-state index contributed by atoms with van der Waals surface area (Å²) in [6.45, 7) is 17.6. The van der Waals surface area contributed by atoms with Crippen molar-refractivity contribution in [1.82, 2.24) is 0 Å². The van der Waals surface area contributed by atoms with Gasteiger partial charge in [-0.05, 0) is 80.3 Å². The van der Waals surface area contributed by atoms with Crippen molar-refractivity contribution in [2.45, 2.75) is 84.5 Å². The molecule has 0 aromatic heterocycles. The van der Waals surface area contributed by atoms with Crippen molar-refractivity contribution in [2.75, 3.05) is 14.8 Å². The van der Waals surface area contributed by atoms with Gasteiger partial charge in [-0.15, -0.1) is 5.10 Å². The summed E-state index contributed by atoms with van der Waals surface area (Å²) < 4.78 is 0. The van der Waals surface area contributed by atoms with E-state index in [1.165, 1.54) is 11.1 Å². The number of amidine groups is 2. The van der Waals surface area contributed by atoms with E-state index in [4.69, 9.17) is 5.10 Å². The highest BCUT2D eigenvalue weighted by atomic mass is 15.6. The lowest BCUT2D eigenvalue weighted by atomic mass is 9.63. The lowest BCUT2D eigenvalue weighted by Crippen LogP contribution is -2.41. The van der Waals surface area contributed by atoms with Crippen LogP contribution in [0, 0.1) is 10.8 Å². The predicted molar refractivity (Wildman–Crippen MR) is 244 cm³/mol. The second-order valence-electron chi connectivity index (χ2n) is 16.8. The lowest BCUT2D eigenvalue weighted by molar-refractivity contribution is 0.721. The molecule has 0 radical (unpaired) electrons. The van der Waals surface area contributed by atoms with Crippen LogP contribution in [-0.2, 0) is 5.41 Å². The van der Waals surface area contributed by atoms with Gasteiger partial charge in [0.15, 0.2) is 11.7 Å². The molecule has 6 nitrogen and oxygen atoms in total. The van der Waals surface area contributed by atoms with Crippen LogP contribution in [0.2, 0.25) is 0 Å². The molecule has 6 aromatic rings. The number of nitrogens with zero attached hydrogens (tertiary/aromatic N) is 4. The molecule has 2 aliphatic rings. The zero-order valence-corrected chi connectivity index (χ0v) is 35.0. The second-order valence-corrected chi connectivity index (χ2v) is 16.8. The average molecular weight is 763 g/mol. The van der Waals surface area contributed by atoms with E-state index in [1.807, 2.05) is 9.80 Å². The fourth-order valence-electron chi connectivity index (χ4n) is 9.15. The Kier molecular flexibility index (Phi) is 10.1. The van der Waals surface area contributed by atoms with E-state index in [0.717, 1.165) is 56.1 Å². The third-order valence-electron chi connectivity index (χ3n) is 11.9. The molecule has 8 rings (SSSR count). The monoisotopic (exact) mass is 762 g/mol. The number of benzene rings is 6. The van der Waals surface area contributed by atoms with Crippen LogP contribution in [0.25, 0.3) is 0 Å². The van der Waals surface area contributed by atoms with E-state index in [9.17, 15) is 10.8 Å². The van der Waals surface area contributed by atoms with Gasteiger partial charge >= 0.3 is 0 Å². The smallest absolute Gasteiger partial charge is 0.240 e. The van der Waals surface area contributed by atoms with Gasteiger partial charge in [0.1, 0.15) is 0 Å². The van der Waals surface area contributed by atoms with Crippen molar-refractivity contribution in [1.29, 1.82) is 10.8 Å². The summed E-state index contributed by atoms with van der Waals surface area (Å²) >= 11 is 0. The first-order valence-electron chi connectivity index (χ1n) is 20.7. The SMILES string of the molecule is CC(C)c1cccc(C(C)C)c1N1C(=N)C(=N)N(c2c(C(C)C)cccc2C(C)C)C1=NN1c2ccccc2C(c2ccccc2)(c2ccccc2)c2ccccc21. The summed E-state index contributed by atoms with van der Waals surface area (Å²) in [7, 11) is 0. The maximum atomic E-state index is 9.95. The van der Waals surface area contributed by atoms with Gasteiger partial charge in [0.05, 0.1) is 28.2 Å². The van der Waals surface area contributed by atoms with E-state index in [2.05, 4.69) is 206 Å². The highest BCUT2D eigenvalue weighted by Gasteiger charge is 2.48. The molecule has 0 spiro atoms. The third-order valence-corrected chi connectivity index (χ3v) is 11.9. The molecule has 1 fully saturated rings. The molecular weight excluding hydrogens is 709 g/mol. The number of fused-ring (bicyclic) bond motifs is 2. The molecule has 2 N–H and O–H groups in total. The fourth-order valence-corrected chi connectivity index (χ4v) is 9.15. The Balaban J connectivity index is 1.50. The first kappa shape index (κ1) is 38.6. The number of hydrogen-bond acceptors (Lipinski definition) is 4. The normalized spacial score (nSPS) is 14.9. The standard InChI is InChI=1S/C52H54N6/c1-33(2)39-25-19-26-40(34(3)4)47(39)56-49(53)50(54)57(48-41(35(5)6)27-20-28-42(48)36(7)8)51(56)55-58-45-31-17-15-29-43(45)52(37-21-11-9-12-22-37,38-23-13-10-14-24-38)44-30-16-18-32-46(44)58/h9-36,53-54H,1-8H3. The first-order valence-corrected chi connectivity index (χ1v) is 20.7. The molecule has 0 saturated carbocycles. The van der Waals surface area contributed by atoms with Crippen LogP contribution in [0.3, 0.4) is 0 Å². The van der Waals surface area contributed by atoms with Crippen molar-refractivity contribution in [3.05, 3.63) is 190 Å². The van der Waals surface area contributed by atoms with E-state index in [1.54, 1.807) is 0 Å². The number of hydrazone groups is 1. The molecule has 1 saturated heterocycles. The van der Waals surface area contributed by atoms with Crippen molar-refractivity contribution < 1.29 is 0 Å². The Bertz CT molecular complexity index is 2310. The summed E-state index contributed by atoms with van der Waals surface area (Å²) in [5.41, 5.74) is 12.1. The van der Waals surface area contributed by atoms with Gasteiger partial charge in [0, 0.05) is 0 Å². The molecule has 58 heavy (non-hydrogen) atoms. The molecular formula is C52H54N6. The summed E-state index contributed by atoms with van der Waals surface area (Å²) in [4.78, 5) is 3.94. The van der Waals surface area contributed by atoms with Crippen LogP contribution in [0.15, 0.2) is 151 Å². The van der Waals surface area contributed by atoms with Gasteiger partial charge in [0.25, 0.3) is 0 Å². The second kappa shape index (κ2) is 15.2. The number of anilines is 4. The van der Waals surface area contributed by atoms with E-state index < -0.39 is 5.41 Å². The van der Waals surface area contributed by atoms with Crippen LogP contribution in [0.4, 0.5) is 22.7 Å². The fraction of sp³-hybridized carbons (Fsp3) is 0.250. The largest absolute Gasteiger partial charge is 0.281 e. The lowest BCUT2D eigenvalue weighted by Gasteiger charge is -2.45. The van der Waals surface area contributed by atoms with Crippen LogP contribution in [0.5, 0.6) is 0 Å². The quantitative estimate of drug-likeness (QED) is 0.154. The number of guanidine groups is 1.